The van der Waals surface area contributed by atoms with E-state index in [4.69, 9.17) is 0 Å². The molecule has 0 unspecified atom stereocenters. The highest BCUT2D eigenvalue weighted by Gasteiger charge is 2.40. The van der Waals surface area contributed by atoms with E-state index in [2.05, 4.69) is 14.7 Å². The number of halogens is 6. The van der Waals surface area contributed by atoms with Crippen LogP contribution in [0.1, 0.15) is 44.9 Å². The molecule has 2 aromatic heterocycles. The number of nitrogens with zero attached hydrogens (tertiary/aromatic N) is 3. The largest absolute Gasteiger partial charge is 0.450 e. The lowest BCUT2D eigenvalue weighted by Crippen LogP contribution is -2.34. The number of benzene rings is 3. The van der Waals surface area contributed by atoms with Crippen molar-refractivity contribution >= 4 is 33.2 Å². The molecule has 296 valence electrons. The minimum atomic E-state index is -5.20. The van der Waals surface area contributed by atoms with Gasteiger partial charge < -0.3 is 0 Å². The van der Waals surface area contributed by atoms with Crippen LogP contribution in [0, 0.1) is 0 Å². The fourth-order valence-electron chi connectivity index (χ4n) is 5.63. The number of alkyl halides is 6. The molecule has 5 aromatic rings. The maximum Gasteiger partial charge on any atom is 0.450 e. The van der Waals surface area contributed by atoms with E-state index in [1.165, 1.54) is 66.7 Å². The summed E-state index contributed by atoms with van der Waals surface area (Å²) in [6, 6.07) is 25.2. The molecule has 0 aliphatic carbocycles. The molecule has 1 N–H and O–H groups in total. The van der Waals surface area contributed by atoms with Gasteiger partial charge in [-0.25, -0.2) is 13.1 Å². The van der Waals surface area contributed by atoms with Crippen molar-refractivity contribution in [2.24, 2.45) is 0 Å². The van der Waals surface area contributed by atoms with E-state index in [-0.39, 0.29) is 34.7 Å². The van der Waals surface area contributed by atoms with Crippen LogP contribution in [0.5, 0.6) is 0 Å². The fraction of sp³-hybridized carbons (Fsp3) is 0.200. The molecule has 0 fully saturated rings. The number of hydrogen-bond acceptors (Lipinski definition) is 9. The molecular formula is C40H32F6N4O6S. The van der Waals surface area contributed by atoms with Gasteiger partial charge in [0.2, 0.25) is 21.6 Å². The van der Waals surface area contributed by atoms with Crippen molar-refractivity contribution in [1.82, 2.24) is 19.6 Å². The van der Waals surface area contributed by atoms with Gasteiger partial charge in [0.05, 0.1) is 29.1 Å². The highest BCUT2D eigenvalue weighted by Crippen LogP contribution is 2.35. The first-order chi connectivity index (χ1) is 26.9. The Bertz CT molecular complexity index is 2300. The van der Waals surface area contributed by atoms with Gasteiger partial charge in [0.15, 0.2) is 11.6 Å². The zero-order valence-corrected chi connectivity index (χ0v) is 30.5. The zero-order chi connectivity index (χ0) is 41.4. The normalized spacial score (nSPS) is 12.1. The standard InChI is InChI=1S/C40H32F6N4O6S/c41-39(42,43)37(53)22-35(51)28-11-7-26(8-12-28)33-16-15-32(21-34(33)27-9-13-29(14-10-27)36(52)23-38(54)40(44,45)46)57(55,56)49-19-20-50(24-30-5-1-3-17-47-30)25-31-6-2-4-18-48-31/h1-18,21,49H,19-20,22-25H2. The minimum absolute atomic E-state index is 0.0289. The number of carbonyl (C=O) groups excluding carboxylic acids is 4. The van der Waals surface area contributed by atoms with E-state index in [1.807, 2.05) is 29.2 Å². The summed E-state index contributed by atoms with van der Waals surface area (Å²) in [6.07, 6.45) is -9.89. The van der Waals surface area contributed by atoms with Crippen LogP contribution in [-0.2, 0) is 32.7 Å². The van der Waals surface area contributed by atoms with Crippen LogP contribution >= 0.6 is 0 Å². The highest BCUT2D eigenvalue weighted by atomic mass is 32.2. The zero-order valence-electron chi connectivity index (χ0n) is 29.7. The third kappa shape index (κ3) is 11.6. The predicted octanol–water partition coefficient (Wildman–Crippen LogP) is 7.20. The van der Waals surface area contributed by atoms with Crippen LogP contribution < -0.4 is 4.72 Å². The van der Waals surface area contributed by atoms with Gasteiger partial charge in [-0.05, 0) is 58.7 Å². The molecule has 0 atom stereocenters. The first kappa shape index (κ1) is 42.2. The number of nitrogens with one attached hydrogen (secondary N) is 1. The van der Waals surface area contributed by atoms with Gasteiger partial charge in [-0.15, -0.1) is 0 Å². The molecule has 0 amide bonds. The number of aromatic nitrogens is 2. The van der Waals surface area contributed by atoms with Gasteiger partial charge in [-0.1, -0.05) is 66.7 Å². The Balaban J connectivity index is 1.42. The number of ketones is 4. The number of carbonyl (C=O) groups is 4. The maximum atomic E-state index is 13.7. The molecule has 10 nitrogen and oxygen atoms in total. The molecule has 0 spiro atoms. The topological polar surface area (TPSA) is 143 Å². The first-order valence-electron chi connectivity index (χ1n) is 17.0. The van der Waals surface area contributed by atoms with Gasteiger partial charge in [0, 0.05) is 49.7 Å². The molecule has 5 rings (SSSR count). The summed E-state index contributed by atoms with van der Waals surface area (Å²) in [7, 11) is -4.20. The van der Waals surface area contributed by atoms with E-state index >= 15 is 0 Å². The van der Waals surface area contributed by atoms with Crippen LogP contribution in [0.3, 0.4) is 0 Å². The molecule has 17 heteroatoms. The van der Waals surface area contributed by atoms with E-state index in [0.717, 1.165) is 11.4 Å². The number of Topliss-reactive ketones (excluding diaryl/α,β-unsaturated/α-hetero) is 4. The summed E-state index contributed by atoms with van der Waals surface area (Å²) >= 11 is 0. The average molecular weight is 811 g/mol. The Morgan fingerprint density at radius 1 is 0.596 bits per heavy atom. The average Bonchev–Trinajstić information content (AvgIpc) is 3.17. The summed E-state index contributed by atoms with van der Waals surface area (Å²) in [5.74, 6) is -6.58. The molecule has 0 saturated carbocycles. The molecule has 3 aromatic carbocycles. The Kier molecular flexibility index (Phi) is 13.3. The van der Waals surface area contributed by atoms with Crippen LogP contribution in [0.25, 0.3) is 22.3 Å². The van der Waals surface area contributed by atoms with Crippen molar-refractivity contribution in [3.63, 3.8) is 0 Å². The Hall–Kier alpha value is -5.91. The summed E-state index contributed by atoms with van der Waals surface area (Å²) < 4.78 is 107. The lowest BCUT2D eigenvalue weighted by Gasteiger charge is -2.22. The van der Waals surface area contributed by atoms with E-state index in [9.17, 15) is 53.9 Å². The monoisotopic (exact) mass is 810 g/mol. The van der Waals surface area contributed by atoms with Crippen molar-refractivity contribution in [2.75, 3.05) is 13.1 Å². The second-order valence-corrected chi connectivity index (χ2v) is 14.4. The molecule has 0 bridgehead atoms. The van der Waals surface area contributed by atoms with E-state index < -0.39 is 58.4 Å². The van der Waals surface area contributed by atoms with Crippen molar-refractivity contribution in [2.45, 2.75) is 43.2 Å². The number of sulfonamides is 1. The SMILES string of the molecule is O=C(CC(=O)C(F)(F)F)c1ccc(-c2ccc(S(=O)(=O)NCCN(Cc3ccccn3)Cc3ccccn3)cc2-c2ccc(C(=O)CC(=O)C(F)(F)F)cc2)cc1. The summed E-state index contributed by atoms with van der Waals surface area (Å²) in [4.78, 5) is 58.1. The van der Waals surface area contributed by atoms with Crippen LogP contribution in [-0.4, -0.2) is 71.9 Å². The second-order valence-electron chi connectivity index (χ2n) is 12.7. The van der Waals surface area contributed by atoms with Crippen molar-refractivity contribution < 1.29 is 53.9 Å². The summed E-state index contributed by atoms with van der Waals surface area (Å²) in [5, 5.41) is 0. The third-order valence-electron chi connectivity index (χ3n) is 8.56. The Morgan fingerprint density at radius 2 is 1.05 bits per heavy atom. The van der Waals surface area contributed by atoms with Gasteiger partial charge in [0.25, 0.3) is 0 Å². The van der Waals surface area contributed by atoms with E-state index in [0.29, 0.717) is 29.8 Å². The predicted molar refractivity (Wildman–Crippen MR) is 195 cm³/mol. The third-order valence-corrected chi connectivity index (χ3v) is 10.0. The second kappa shape index (κ2) is 17.9. The summed E-state index contributed by atoms with van der Waals surface area (Å²) in [6.45, 7) is 1.01. The molecule has 0 aliphatic rings. The van der Waals surface area contributed by atoms with Crippen molar-refractivity contribution in [1.29, 1.82) is 0 Å². The first-order valence-corrected chi connectivity index (χ1v) is 18.5. The Morgan fingerprint density at radius 3 is 1.47 bits per heavy atom. The fourth-order valence-corrected chi connectivity index (χ4v) is 6.67. The quantitative estimate of drug-likeness (QED) is 0.0586. The number of pyridine rings is 2. The molecular weight excluding hydrogens is 779 g/mol. The minimum Gasteiger partial charge on any atom is -0.294 e. The van der Waals surface area contributed by atoms with E-state index in [1.54, 1.807) is 24.5 Å². The molecule has 0 radical (unpaired) electrons. The van der Waals surface area contributed by atoms with Crippen molar-refractivity contribution in [3.8, 4) is 22.3 Å². The molecule has 0 saturated heterocycles. The van der Waals surface area contributed by atoms with Crippen molar-refractivity contribution in [3.05, 3.63) is 138 Å². The molecule has 2 heterocycles. The maximum absolute atomic E-state index is 13.7. The Labute approximate surface area is 322 Å². The van der Waals surface area contributed by atoms with Crippen LogP contribution in [0.2, 0.25) is 0 Å². The molecule has 0 aliphatic heterocycles. The highest BCUT2D eigenvalue weighted by molar-refractivity contribution is 7.89. The lowest BCUT2D eigenvalue weighted by atomic mass is 9.92. The van der Waals surface area contributed by atoms with Gasteiger partial charge in [-0.2, -0.15) is 26.3 Å². The number of hydrogen-bond donors (Lipinski definition) is 1. The lowest BCUT2D eigenvalue weighted by molar-refractivity contribution is -0.170. The number of rotatable bonds is 17. The van der Waals surface area contributed by atoms with Gasteiger partial charge in [-0.3, -0.25) is 34.0 Å². The van der Waals surface area contributed by atoms with Crippen LogP contribution in [0.15, 0.2) is 120 Å². The molecule has 57 heavy (non-hydrogen) atoms. The van der Waals surface area contributed by atoms with Crippen LogP contribution in [0.4, 0.5) is 26.3 Å². The smallest absolute Gasteiger partial charge is 0.294 e. The van der Waals surface area contributed by atoms with Gasteiger partial charge >= 0.3 is 12.4 Å². The summed E-state index contributed by atoms with van der Waals surface area (Å²) in [5.41, 5.74) is 2.40. The van der Waals surface area contributed by atoms with Gasteiger partial charge in [0.1, 0.15) is 0 Å².